The lowest BCUT2D eigenvalue weighted by atomic mass is 10.0. The summed E-state index contributed by atoms with van der Waals surface area (Å²) in [6, 6.07) is 0. The van der Waals surface area contributed by atoms with E-state index in [0.717, 1.165) is 0 Å². The van der Waals surface area contributed by atoms with Gasteiger partial charge in [0.15, 0.2) is 11.6 Å². The number of carbonyl (C=O) groups excluding carboxylic acids is 1. The maximum Gasteiger partial charge on any atom is 0.508 e. The topological polar surface area (TPSA) is 72.5 Å². The largest absolute Gasteiger partial charge is 0.508 e. The molecule has 2 saturated heterocycles. The highest BCUT2D eigenvalue weighted by Crippen LogP contribution is 2.48. The van der Waals surface area contributed by atoms with Crippen molar-refractivity contribution in [2.45, 2.75) is 93.4 Å². The number of carbonyl (C=O) groups is 1. The molecule has 2 rings (SSSR count). The van der Waals surface area contributed by atoms with Crippen LogP contribution >= 0.6 is 23.5 Å². The lowest BCUT2D eigenvalue weighted by Gasteiger charge is -2.44. The Kier molecular flexibility index (Phi) is 8.31. The minimum Gasteiger partial charge on any atom is -0.438 e. The van der Waals surface area contributed by atoms with E-state index in [-0.39, 0.29) is 9.81 Å². The van der Waals surface area contributed by atoms with Crippen LogP contribution in [0.15, 0.2) is 0 Å². The number of methoxy groups -OCH3 is 1. The van der Waals surface area contributed by atoms with Crippen LogP contribution in [0, 0.1) is 0 Å². The van der Waals surface area contributed by atoms with E-state index < -0.39 is 44.1 Å². The second kappa shape index (κ2) is 9.49. The molecule has 0 saturated carbocycles. The molecule has 4 atom stereocenters. The fraction of sp³-hybridized carbons (Fsp3) is 0.950. The van der Waals surface area contributed by atoms with Gasteiger partial charge in [0.1, 0.15) is 24.4 Å². The molecule has 2 aliphatic heterocycles. The number of hydrogen-bond donors (Lipinski definition) is 0. The molecular weight excluding hydrogens is 444 g/mol. The standard InChI is InChI=1S/C20H38O7S2Si/c1-18(2)23-12-14(25-18)16-15(26-19(3,4)27-16)13(24-17(21)22-5)11-20(28-6,29-7)30(8,9)10/h13-16H,11-12H2,1-10H3/t13-,14-,15-,16-/m1/s1. The van der Waals surface area contributed by atoms with Crippen LogP contribution in [0.5, 0.6) is 0 Å². The molecule has 30 heavy (non-hydrogen) atoms. The van der Waals surface area contributed by atoms with Crippen LogP contribution in [0.4, 0.5) is 4.79 Å². The number of hydrogen-bond acceptors (Lipinski definition) is 9. The van der Waals surface area contributed by atoms with Crippen LogP contribution in [0.25, 0.3) is 0 Å². The van der Waals surface area contributed by atoms with Crippen LogP contribution in [0.2, 0.25) is 19.6 Å². The quantitative estimate of drug-likeness (QED) is 0.282. The van der Waals surface area contributed by atoms with Gasteiger partial charge >= 0.3 is 6.16 Å². The van der Waals surface area contributed by atoms with E-state index in [9.17, 15) is 4.79 Å². The molecule has 0 N–H and O–H groups in total. The van der Waals surface area contributed by atoms with Gasteiger partial charge in [-0.1, -0.05) is 19.6 Å². The predicted molar refractivity (Wildman–Crippen MR) is 124 cm³/mol. The summed E-state index contributed by atoms with van der Waals surface area (Å²) >= 11 is 3.64. The lowest BCUT2D eigenvalue weighted by Crippen LogP contribution is -2.53. The molecule has 0 spiro atoms. The molecule has 2 fully saturated rings. The molecule has 2 heterocycles. The zero-order valence-electron chi connectivity index (χ0n) is 19.9. The zero-order valence-corrected chi connectivity index (χ0v) is 22.5. The Morgan fingerprint density at radius 3 is 2.13 bits per heavy atom. The SMILES string of the molecule is COC(=O)O[C@H](CC(SC)(SC)[Si](C)(C)C)[C@H]1OC(C)(C)O[C@@H]1[C@H]1COC(C)(C)O1. The maximum atomic E-state index is 12.2. The van der Waals surface area contributed by atoms with Crippen molar-refractivity contribution in [3.8, 4) is 0 Å². The molecule has 0 bridgehead atoms. The summed E-state index contributed by atoms with van der Waals surface area (Å²) in [6.07, 6.45) is 2.33. The van der Waals surface area contributed by atoms with Crippen molar-refractivity contribution in [1.82, 2.24) is 0 Å². The first-order chi connectivity index (χ1) is 13.7. The summed E-state index contributed by atoms with van der Waals surface area (Å²) in [5.74, 6) is -1.52. The molecule has 2 aliphatic rings. The molecule has 0 aromatic carbocycles. The highest BCUT2D eigenvalue weighted by molar-refractivity contribution is 8.20. The van der Waals surface area contributed by atoms with Gasteiger partial charge in [0.05, 0.1) is 25.5 Å². The zero-order chi connectivity index (χ0) is 23.0. The summed E-state index contributed by atoms with van der Waals surface area (Å²) in [5.41, 5.74) is 0. The fourth-order valence-electron chi connectivity index (χ4n) is 4.10. The highest BCUT2D eigenvalue weighted by atomic mass is 32.2. The monoisotopic (exact) mass is 482 g/mol. The van der Waals surface area contributed by atoms with Crippen LogP contribution in [0.3, 0.4) is 0 Å². The minimum atomic E-state index is -1.68. The Bertz CT molecular complexity index is 604. The number of rotatable bonds is 8. The molecule has 0 aliphatic carbocycles. The molecule has 0 radical (unpaired) electrons. The second-order valence-corrected chi connectivity index (χ2v) is 18.2. The third-order valence-electron chi connectivity index (χ3n) is 5.61. The first-order valence-corrected chi connectivity index (χ1v) is 16.2. The second-order valence-electron chi connectivity index (χ2n) is 9.66. The summed E-state index contributed by atoms with van der Waals surface area (Å²) in [5, 5.41) is 0. The Labute approximate surface area is 190 Å². The van der Waals surface area contributed by atoms with Gasteiger partial charge in [-0.15, -0.1) is 0 Å². The van der Waals surface area contributed by atoms with Crippen LogP contribution in [-0.2, 0) is 28.4 Å². The third kappa shape index (κ3) is 5.88. The highest BCUT2D eigenvalue weighted by Gasteiger charge is 2.56. The van der Waals surface area contributed by atoms with Gasteiger partial charge in [0.25, 0.3) is 0 Å². The van der Waals surface area contributed by atoms with Gasteiger partial charge in [-0.25, -0.2) is 4.79 Å². The molecule has 176 valence electrons. The van der Waals surface area contributed by atoms with Gasteiger partial charge in [0, 0.05) is 6.42 Å². The Morgan fingerprint density at radius 2 is 1.70 bits per heavy atom. The van der Waals surface area contributed by atoms with E-state index in [2.05, 4.69) is 32.2 Å². The van der Waals surface area contributed by atoms with Crippen LogP contribution in [-0.4, -0.2) is 80.1 Å². The molecular formula is C20H38O7S2Si. The summed E-state index contributed by atoms with van der Waals surface area (Å²) in [4.78, 5) is 12.2. The van der Waals surface area contributed by atoms with Crippen molar-refractivity contribution < 1.29 is 33.2 Å². The molecule has 0 unspecified atom stereocenters. The van der Waals surface area contributed by atoms with E-state index >= 15 is 0 Å². The third-order valence-corrected chi connectivity index (χ3v) is 15.7. The van der Waals surface area contributed by atoms with E-state index in [1.54, 1.807) is 0 Å². The van der Waals surface area contributed by atoms with Crippen LogP contribution < -0.4 is 0 Å². The fourth-order valence-corrected chi connectivity index (χ4v) is 11.1. The lowest BCUT2D eigenvalue weighted by molar-refractivity contribution is -0.175. The molecule has 0 amide bonds. The van der Waals surface area contributed by atoms with Crippen molar-refractivity contribution in [2.75, 3.05) is 26.2 Å². The summed E-state index contributed by atoms with van der Waals surface area (Å²) < 4.78 is 35.0. The van der Waals surface area contributed by atoms with Crippen molar-refractivity contribution in [2.24, 2.45) is 0 Å². The van der Waals surface area contributed by atoms with E-state index in [1.165, 1.54) is 7.11 Å². The average Bonchev–Trinajstić information content (AvgIpc) is 3.15. The van der Waals surface area contributed by atoms with E-state index in [0.29, 0.717) is 13.0 Å². The number of thioether (sulfide) groups is 2. The van der Waals surface area contributed by atoms with Gasteiger partial charge in [0.2, 0.25) is 0 Å². The summed E-state index contributed by atoms with van der Waals surface area (Å²) in [6.45, 7) is 14.9. The van der Waals surface area contributed by atoms with Crippen molar-refractivity contribution in [3.05, 3.63) is 0 Å². The van der Waals surface area contributed by atoms with Gasteiger partial charge in [-0.2, -0.15) is 23.5 Å². The molecule has 0 aromatic heterocycles. The molecule has 0 aromatic rings. The Hall–Kier alpha value is 0.0269. The van der Waals surface area contributed by atoms with Gasteiger partial charge in [-0.3, -0.25) is 0 Å². The van der Waals surface area contributed by atoms with Crippen molar-refractivity contribution in [3.63, 3.8) is 0 Å². The first-order valence-electron chi connectivity index (χ1n) is 10.2. The van der Waals surface area contributed by atoms with Gasteiger partial charge < -0.3 is 28.4 Å². The first kappa shape index (κ1) is 26.3. The van der Waals surface area contributed by atoms with Crippen LogP contribution in [0.1, 0.15) is 34.1 Å². The molecule has 10 heteroatoms. The summed E-state index contributed by atoms with van der Waals surface area (Å²) in [7, 11) is -0.365. The average molecular weight is 483 g/mol. The Morgan fingerprint density at radius 1 is 1.10 bits per heavy atom. The molecule has 7 nitrogen and oxygen atoms in total. The smallest absolute Gasteiger partial charge is 0.438 e. The van der Waals surface area contributed by atoms with E-state index in [4.69, 9.17) is 28.4 Å². The van der Waals surface area contributed by atoms with Gasteiger partial charge in [-0.05, 0) is 40.2 Å². The van der Waals surface area contributed by atoms with Crippen molar-refractivity contribution >= 4 is 37.8 Å². The Balaban J connectivity index is 2.39. The minimum absolute atomic E-state index is 0.0847. The predicted octanol–water partition coefficient (Wildman–Crippen LogP) is 4.50. The normalized spacial score (nSPS) is 29.6. The van der Waals surface area contributed by atoms with Crippen molar-refractivity contribution in [1.29, 1.82) is 0 Å². The number of ether oxygens (including phenoxy) is 6. The van der Waals surface area contributed by atoms with E-state index in [1.807, 2.05) is 51.2 Å². The maximum absolute atomic E-state index is 12.2.